The minimum atomic E-state index is -1.20. The lowest BCUT2D eigenvalue weighted by Gasteiger charge is -2.06. The third kappa shape index (κ3) is 6.25. The highest BCUT2D eigenvalue weighted by atomic mass is 16.6. The highest BCUT2D eigenvalue weighted by molar-refractivity contribution is 5.84. The first-order chi connectivity index (χ1) is 9.63. The lowest BCUT2D eigenvalue weighted by atomic mass is 10.5. The number of aromatic carboxylic acids is 1. The second-order valence-electron chi connectivity index (χ2n) is 3.64. The van der Waals surface area contributed by atoms with Crippen LogP contribution in [0.3, 0.4) is 0 Å². The minimum absolute atomic E-state index is 0.117. The van der Waals surface area contributed by atoms with E-state index >= 15 is 0 Å². The van der Waals surface area contributed by atoms with Crippen molar-refractivity contribution in [3.05, 3.63) is 11.9 Å². The van der Waals surface area contributed by atoms with Gasteiger partial charge in [-0.25, -0.2) is 9.48 Å². The van der Waals surface area contributed by atoms with E-state index in [-0.39, 0.29) is 25.5 Å². The molecule has 112 valence electrons. The third-order valence-electron chi connectivity index (χ3n) is 2.12. The lowest BCUT2D eigenvalue weighted by molar-refractivity contribution is -0.146. The maximum Gasteiger partial charge on any atom is 0.358 e. The molecular weight excluding hydrogens is 270 g/mol. The fraction of sp³-hybridized carbons (Fsp3) is 0.636. The number of carboxylic acids is 1. The molecule has 1 heterocycles. The molecule has 0 bridgehead atoms. The summed E-state index contributed by atoms with van der Waals surface area (Å²) in [6, 6.07) is 0. The van der Waals surface area contributed by atoms with Crippen LogP contribution in [0.4, 0.5) is 0 Å². The first-order valence-electron chi connectivity index (χ1n) is 6.08. The first kappa shape index (κ1) is 16.1. The Labute approximate surface area is 115 Å². The molecule has 1 rings (SSSR count). The summed E-state index contributed by atoms with van der Waals surface area (Å²) in [4.78, 5) is 21.9. The van der Waals surface area contributed by atoms with Gasteiger partial charge in [-0.2, -0.15) is 0 Å². The Morgan fingerprint density at radius 3 is 2.60 bits per heavy atom. The Hall–Kier alpha value is -2.00. The largest absolute Gasteiger partial charge is 0.476 e. The molecule has 20 heavy (non-hydrogen) atoms. The van der Waals surface area contributed by atoms with Crippen molar-refractivity contribution < 1.29 is 28.9 Å². The van der Waals surface area contributed by atoms with E-state index in [0.717, 1.165) is 10.9 Å². The van der Waals surface area contributed by atoms with Crippen molar-refractivity contribution in [2.45, 2.75) is 13.5 Å². The molecule has 0 saturated carbocycles. The van der Waals surface area contributed by atoms with E-state index in [1.54, 1.807) is 0 Å². The Balaban J connectivity index is 2.12. The van der Waals surface area contributed by atoms with Gasteiger partial charge < -0.3 is 19.3 Å². The van der Waals surface area contributed by atoms with Crippen LogP contribution in [-0.2, 0) is 25.5 Å². The van der Waals surface area contributed by atoms with E-state index in [4.69, 9.17) is 19.3 Å². The smallest absolute Gasteiger partial charge is 0.358 e. The van der Waals surface area contributed by atoms with Crippen molar-refractivity contribution in [2.24, 2.45) is 0 Å². The van der Waals surface area contributed by atoms with E-state index in [1.807, 2.05) is 6.92 Å². The van der Waals surface area contributed by atoms with Crippen molar-refractivity contribution in [1.29, 1.82) is 0 Å². The van der Waals surface area contributed by atoms with Crippen molar-refractivity contribution >= 4 is 11.9 Å². The Kier molecular flexibility index (Phi) is 7.22. The number of carbonyl (C=O) groups is 2. The fourth-order valence-electron chi connectivity index (χ4n) is 1.23. The van der Waals surface area contributed by atoms with Crippen LogP contribution in [0.15, 0.2) is 6.20 Å². The normalized spacial score (nSPS) is 10.4. The number of nitrogens with zero attached hydrogens (tertiary/aromatic N) is 3. The molecule has 0 aliphatic heterocycles. The maximum atomic E-state index is 11.4. The third-order valence-corrected chi connectivity index (χ3v) is 2.12. The van der Waals surface area contributed by atoms with Gasteiger partial charge in [0.15, 0.2) is 5.69 Å². The van der Waals surface area contributed by atoms with Gasteiger partial charge in [0, 0.05) is 6.61 Å². The van der Waals surface area contributed by atoms with Crippen LogP contribution in [0, 0.1) is 0 Å². The van der Waals surface area contributed by atoms with E-state index in [9.17, 15) is 9.59 Å². The van der Waals surface area contributed by atoms with Gasteiger partial charge in [0.1, 0.15) is 13.2 Å². The molecule has 0 spiro atoms. The summed E-state index contributed by atoms with van der Waals surface area (Å²) < 4.78 is 16.2. The zero-order valence-corrected chi connectivity index (χ0v) is 11.2. The molecule has 1 aromatic heterocycles. The monoisotopic (exact) mass is 287 g/mol. The number of rotatable bonds is 10. The fourth-order valence-corrected chi connectivity index (χ4v) is 1.23. The number of hydrogen-bond donors (Lipinski definition) is 1. The zero-order chi connectivity index (χ0) is 14.8. The molecule has 0 fully saturated rings. The molecule has 9 nitrogen and oxygen atoms in total. The standard InChI is InChI=1S/C11H17N3O6/c1-2-18-3-4-19-5-6-20-10(15)8-14-7-9(11(16)17)12-13-14/h7H,2-6,8H2,1H3,(H,16,17). The van der Waals surface area contributed by atoms with Gasteiger partial charge in [0.2, 0.25) is 0 Å². The molecule has 0 aliphatic rings. The molecule has 0 amide bonds. The molecule has 0 unspecified atom stereocenters. The summed E-state index contributed by atoms with van der Waals surface area (Å²) in [7, 11) is 0. The average Bonchev–Trinajstić information content (AvgIpc) is 2.86. The number of esters is 1. The number of ether oxygens (including phenoxy) is 3. The molecule has 0 aliphatic carbocycles. The quantitative estimate of drug-likeness (QED) is 0.455. The second kappa shape index (κ2) is 8.99. The minimum Gasteiger partial charge on any atom is -0.476 e. The zero-order valence-electron chi connectivity index (χ0n) is 11.2. The molecule has 0 atom stereocenters. The summed E-state index contributed by atoms with van der Waals surface area (Å²) in [5, 5.41) is 15.5. The highest BCUT2D eigenvalue weighted by Gasteiger charge is 2.11. The molecule has 0 radical (unpaired) electrons. The van der Waals surface area contributed by atoms with Crippen molar-refractivity contribution in [1.82, 2.24) is 15.0 Å². The van der Waals surface area contributed by atoms with Crippen molar-refractivity contribution in [3.8, 4) is 0 Å². The lowest BCUT2D eigenvalue weighted by Crippen LogP contribution is -2.17. The molecule has 1 aromatic rings. The maximum absolute atomic E-state index is 11.4. The summed E-state index contributed by atoms with van der Waals surface area (Å²) in [6.45, 7) is 3.66. The first-order valence-corrected chi connectivity index (χ1v) is 6.08. The van der Waals surface area contributed by atoms with Gasteiger partial charge in [-0.3, -0.25) is 4.79 Å². The van der Waals surface area contributed by atoms with Gasteiger partial charge in [-0.15, -0.1) is 5.10 Å². The van der Waals surface area contributed by atoms with Crippen LogP contribution in [0.2, 0.25) is 0 Å². The van der Waals surface area contributed by atoms with Crippen molar-refractivity contribution in [2.75, 3.05) is 33.0 Å². The van der Waals surface area contributed by atoms with Crippen molar-refractivity contribution in [3.63, 3.8) is 0 Å². The van der Waals surface area contributed by atoms with Gasteiger partial charge in [0.25, 0.3) is 0 Å². The second-order valence-corrected chi connectivity index (χ2v) is 3.64. The van der Waals surface area contributed by atoms with E-state index in [2.05, 4.69) is 10.3 Å². The van der Waals surface area contributed by atoms with Crippen LogP contribution >= 0.6 is 0 Å². The topological polar surface area (TPSA) is 113 Å². The Bertz CT molecular complexity index is 434. The van der Waals surface area contributed by atoms with Gasteiger partial charge in [-0.1, -0.05) is 5.21 Å². The van der Waals surface area contributed by atoms with E-state index in [1.165, 1.54) is 0 Å². The number of aromatic nitrogens is 3. The molecule has 1 N–H and O–H groups in total. The van der Waals surface area contributed by atoms with Gasteiger partial charge in [0.05, 0.1) is 26.0 Å². The van der Waals surface area contributed by atoms with Crippen LogP contribution < -0.4 is 0 Å². The predicted octanol–water partition coefficient (Wildman–Crippen LogP) is -0.427. The summed E-state index contributed by atoms with van der Waals surface area (Å²) in [5.41, 5.74) is -0.225. The van der Waals surface area contributed by atoms with Crippen LogP contribution in [0.5, 0.6) is 0 Å². The summed E-state index contributed by atoms with van der Waals surface area (Å²) >= 11 is 0. The van der Waals surface area contributed by atoms with Gasteiger partial charge >= 0.3 is 11.9 Å². The number of carboxylic acid groups (broad SMARTS) is 1. The summed E-state index contributed by atoms with van der Waals surface area (Å²) in [6.07, 6.45) is 1.15. The molecular formula is C11H17N3O6. The predicted molar refractivity (Wildman–Crippen MR) is 65.3 cm³/mol. The van der Waals surface area contributed by atoms with Gasteiger partial charge in [-0.05, 0) is 6.92 Å². The molecule has 9 heteroatoms. The Morgan fingerprint density at radius 1 is 1.25 bits per heavy atom. The summed E-state index contributed by atoms with van der Waals surface area (Å²) in [5.74, 6) is -1.74. The number of hydrogen-bond acceptors (Lipinski definition) is 7. The highest BCUT2D eigenvalue weighted by Crippen LogP contribution is 1.94. The molecule has 0 aromatic carbocycles. The SMILES string of the molecule is CCOCCOCCOC(=O)Cn1cc(C(=O)O)nn1. The van der Waals surface area contributed by atoms with E-state index < -0.39 is 11.9 Å². The van der Waals surface area contributed by atoms with Crippen LogP contribution in [0.1, 0.15) is 17.4 Å². The molecule has 0 saturated heterocycles. The van der Waals surface area contributed by atoms with Crippen LogP contribution in [0.25, 0.3) is 0 Å². The average molecular weight is 287 g/mol. The van der Waals surface area contributed by atoms with Crippen LogP contribution in [-0.4, -0.2) is 65.1 Å². The Morgan fingerprint density at radius 2 is 1.95 bits per heavy atom. The van der Waals surface area contributed by atoms with E-state index in [0.29, 0.717) is 19.8 Å². The number of carbonyl (C=O) groups excluding carboxylic acids is 1.